The first-order chi connectivity index (χ1) is 19.1. The van der Waals surface area contributed by atoms with Gasteiger partial charge >= 0.3 is 18.7 Å². The van der Waals surface area contributed by atoms with Gasteiger partial charge in [0.25, 0.3) is 5.91 Å². The van der Waals surface area contributed by atoms with Crippen molar-refractivity contribution in [2.45, 2.75) is 12.6 Å². The second-order valence-corrected chi connectivity index (χ2v) is 8.53. The molecule has 12 nitrogen and oxygen atoms in total. The van der Waals surface area contributed by atoms with Crippen LogP contribution in [0.1, 0.15) is 28.5 Å². The fourth-order valence-electron chi connectivity index (χ4n) is 3.82. The molecule has 2 amide bonds. The van der Waals surface area contributed by atoms with Crippen molar-refractivity contribution in [2.24, 2.45) is 16.5 Å². The minimum absolute atomic E-state index is 0.0892. The van der Waals surface area contributed by atoms with E-state index in [-0.39, 0.29) is 22.2 Å². The molecule has 0 aliphatic heterocycles. The number of hydrogen-bond donors (Lipinski definition) is 2. The number of carbonyl (C=O) groups is 2. The Kier molecular flexibility index (Phi) is 8.33. The van der Waals surface area contributed by atoms with Crippen LogP contribution in [0.4, 0.5) is 18.0 Å². The lowest BCUT2D eigenvalue weighted by Crippen LogP contribution is -2.46. The minimum Gasteiger partial charge on any atom is -0.447 e. The van der Waals surface area contributed by atoms with Crippen molar-refractivity contribution in [1.29, 1.82) is 0 Å². The van der Waals surface area contributed by atoms with E-state index < -0.39 is 37.3 Å². The van der Waals surface area contributed by atoms with Crippen LogP contribution in [-0.4, -0.2) is 61.1 Å². The fraction of sp³-hybridized carbons (Fsp3) is 0.167. The summed E-state index contributed by atoms with van der Waals surface area (Å²) >= 11 is 6.27. The minimum atomic E-state index is -2.80. The summed E-state index contributed by atoms with van der Waals surface area (Å²) in [5.41, 5.74) is 12.8. The van der Waals surface area contributed by atoms with Gasteiger partial charge in [-0.05, 0) is 35.4 Å². The average molecular weight is 576 g/mol. The van der Waals surface area contributed by atoms with Gasteiger partial charge in [-0.25, -0.2) is 9.48 Å². The predicted octanol–water partition coefficient (Wildman–Crippen LogP) is 3.54. The summed E-state index contributed by atoms with van der Waals surface area (Å²) in [5, 5.41) is 7.53. The molecule has 0 saturated heterocycles. The summed E-state index contributed by atoms with van der Waals surface area (Å²) in [6, 6.07) is 9.26. The monoisotopic (exact) mass is 575 g/mol. The van der Waals surface area contributed by atoms with Crippen molar-refractivity contribution in [3.8, 4) is 16.8 Å². The van der Waals surface area contributed by atoms with E-state index in [1.165, 1.54) is 49.8 Å². The molecule has 0 aliphatic carbocycles. The largest absolute Gasteiger partial charge is 0.447 e. The first-order valence-electron chi connectivity index (χ1n) is 11.4. The van der Waals surface area contributed by atoms with E-state index in [9.17, 15) is 22.8 Å². The van der Waals surface area contributed by atoms with E-state index in [4.69, 9.17) is 27.8 Å². The molecule has 0 saturated carbocycles. The molecule has 2 heterocycles. The second-order valence-electron chi connectivity index (χ2n) is 8.12. The Balaban J connectivity index is 1.74. The number of alkyl halides is 2. The molecule has 16 heteroatoms. The number of nitrogens with zero attached hydrogens (tertiary/aromatic N) is 7. The smallest absolute Gasteiger partial charge is 0.404 e. The number of nitrogens with two attached hydrogens (primary N) is 2. The molecule has 0 radical (unpaired) electrons. The second kappa shape index (κ2) is 11.9. The number of aromatic nitrogens is 5. The highest BCUT2D eigenvalue weighted by molar-refractivity contribution is 6.32. The lowest BCUT2D eigenvalue weighted by molar-refractivity contribution is 0.0566. The van der Waals surface area contributed by atoms with Crippen molar-refractivity contribution >= 4 is 29.6 Å². The molecule has 0 aliphatic rings. The van der Waals surface area contributed by atoms with E-state index in [1.54, 1.807) is 12.1 Å². The Morgan fingerprint density at radius 2 is 1.85 bits per heavy atom. The van der Waals surface area contributed by atoms with Gasteiger partial charge in [0.15, 0.2) is 5.96 Å². The van der Waals surface area contributed by atoms with Gasteiger partial charge < -0.3 is 16.2 Å². The molecule has 0 fully saturated rings. The first kappa shape index (κ1) is 28.1. The SMILES string of the molecule is CN=C(N)N(C(=O)c1ccc(-c2cnn(C(F)F)c2)cc1)[C@H](COC(N)=O)c1ccc(Cl)c(-n2ncnc2F)c1. The highest BCUT2D eigenvalue weighted by Gasteiger charge is 2.31. The van der Waals surface area contributed by atoms with Gasteiger partial charge in [-0.2, -0.15) is 33.0 Å². The van der Waals surface area contributed by atoms with Gasteiger partial charge in [-0.15, -0.1) is 0 Å². The van der Waals surface area contributed by atoms with E-state index in [2.05, 4.69) is 20.2 Å². The third kappa shape index (κ3) is 5.88. The summed E-state index contributed by atoms with van der Waals surface area (Å²) in [7, 11) is 1.35. The molecule has 2 aromatic carbocycles. The van der Waals surface area contributed by atoms with Gasteiger partial charge in [0.05, 0.1) is 22.9 Å². The lowest BCUT2D eigenvalue weighted by atomic mass is 10.0. The van der Waals surface area contributed by atoms with Gasteiger partial charge in [-0.1, -0.05) is 29.8 Å². The first-order valence-corrected chi connectivity index (χ1v) is 11.7. The highest BCUT2D eigenvalue weighted by atomic mass is 35.5. The number of carbonyl (C=O) groups excluding carboxylic acids is 2. The summed E-state index contributed by atoms with van der Waals surface area (Å²) in [5.74, 6) is -0.895. The van der Waals surface area contributed by atoms with E-state index in [0.717, 1.165) is 15.9 Å². The number of primary amides is 1. The summed E-state index contributed by atoms with van der Waals surface area (Å²) in [4.78, 5) is 33.7. The Morgan fingerprint density at radius 3 is 2.42 bits per heavy atom. The fourth-order valence-corrected chi connectivity index (χ4v) is 4.02. The molecular formula is C24H21ClF3N9O3. The van der Waals surface area contributed by atoms with Crippen LogP contribution in [0.5, 0.6) is 0 Å². The lowest BCUT2D eigenvalue weighted by Gasteiger charge is -2.31. The predicted molar refractivity (Wildman–Crippen MR) is 137 cm³/mol. The number of amides is 2. The molecule has 0 spiro atoms. The van der Waals surface area contributed by atoms with Gasteiger partial charge in [0.1, 0.15) is 12.9 Å². The Morgan fingerprint density at radius 1 is 1.12 bits per heavy atom. The van der Waals surface area contributed by atoms with Crippen molar-refractivity contribution < 1.29 is 27.5 Å². The summed E-state index contributed by atoms with van der Waals surface area (Å²) < 4.78 is 46.3. The number of guanidine groups is 1. The zero-order valence-electron chi connectivity index (χ0n) is 20.7. The number of ether oxygens (including phenoxy) is 1. The van der Waals surface area contributed by atoms with E-state index in [1.807, 2.05) is 0 Å². The van der Waals surface area contributed by atoms with Gasteiger partial charge in [-0.3, -0.25) is 14.7 Å². The third-order valence-electron chi connectivity index (χ3n) is 5.75. The Bertz CT molecular complexity index is 1560. The van der Waals surface area contributed by atoms with Crippen LogP contribution < -0.4 is 11.5 Å². The van der Waals surface area contributed by atoms with Crippen molar-refractivity contribution in [3.63, 3.8) is 0 Å². The van der Waals surface area contributed by atoms with Crippen LogP contribution in [0.2, 0.25) is 5.02 Å². The standard InChI is InChI=1S/C24H21ClF3N9O3/c1-31-23(29)36(20(38)14-4-2-13(3-5-14)16-9-33-35(10-16)21(26)27)19(11-40-24(30)39)15-6-7-17(25)18(8-15)37-22(28)32-12-34-37/h2-10,12,19,21H,11H2,1H3,(H2,29,31)(H2,30,39)/t19-/m1/s1. The molecule has 2 aromatic heterocycles. The molecule has 4 aromatic rings. The highest BCUT2D eigenvalue weighted by Crippen LogP contribution is 2.30. The topological polar surface area (TPSA) is 160 Å². The van der Waals surface area contributed by atoms with Crippen molar-refractivity contribution in [2.75, 3.05) is 13.7 Å². The third-order valence-corrected chi connectivity index (χ3v) is 6.07. The molecule has 1 atom stereocenters. The van der Waals surface area contributed by atoms with E-state index >= 15 is 0 Å². The quantitative estimate of drug-likeness (QED) is 0.240. The zero-order chi connectivity index (χ0) is 29.0. The van der Waals surface area contributed by atoms with Gasteiger partial charge in [0.2, 0.25) is 0 Å². The maximum absolute atomic E-state index is 14.2. The molecule has 40 heavy (non-hydrogen) atoms. The molecule has 4 rings (SSSR count). The van der Waals surface area contributed by atoms with Gasteiger partial charge in [0, 0.05) is 24.4 Å². The van der Waals surface area contributed by atoms with Crippen molar-refractivity contribution in [3.05, 3.63) is 83.4 Å². The Hall–Kier alpha value is -4.92. The number of halogens is 4. The zero-order valence-corrected chi connectivity index (χ0v) is 21.4. The summed E-state index contributed by atoms with van der Waals surface area (Å²) in [6.45, 7) is -3.25. The number of rotatable bonds is 8. The van der Waals surface area contributed by atoms with Crippen LogP contribution >= 0.6 is 11.6 Å². The maximum atomic E-state index is 14.2. The van der Waals surface area contributed by atoms with Crippen LogP contribution in [0.25, 0.3) is 16.8 Å². The molecule has 0 bridgehead atoms. The number of aliphatic imine (C=N–C) groups is 1. The van der Waals surface area contributed by atoms with Crippen LogP contribution in [0, 0.1) is 6.08 Å². The molecular weight excluding hydrogens is 555 g/mol. The molecule has 0 unspecified atom stereocenters. The molecule has 208 valence electrons. The summed E-state index contributed by atoms with van der Waals surface area (Å²) in [6.07, 6.45) is 1.37. The maximum Gasteiger partial charge on any atom is 0.404 e. The van der Waals surface area contributed by atoms with Crippen LogP contribution in [0.3, 0.4) is 0 Å². The molecule has 4 N–H and O–H groups in total. The van der Waals surface area contributed by atoms with Crippen molar-refractivity contribution in [1.82, 2.24) is 29.4 Å². The van der Waals surface area contributed by atoms with Crippen LogP contribution in [0.15, 0.2) is 66.2 Å². The normalized spacial score (nSPS) is 12.4. The average Bonchev–Trinajstić information content (AvgIpc) is 3.60. The van der Waals surface area contributed by atoms with E-state index in [0.29, 0.717) is 21.4 Å². The Labute approximate surface area is 229 Å². The number of hydrogen-bond acceptors (Lipinski definition) is 7. The number of benzene rings is 2. The van der Waals surface area contributed by atoms with Crippen LogP contribution in [-0.2, 0) is 4.74 Å².